The Labute approximate surface area is 142 Å². The van der Waals surface area contributed by atoms with Crippen LogP contribution in [-0.4, -0.2) is 54.1 Å². The molecule has 1 saturated heterocycles. The predicted molar refractivity (Wildman–Crippen MR) is 76.7 cm³/mol. The van der Waals surface area contributed by atoms with Crippen LogP contribution < -0.4 is 11.4 Å². The van der Waals surface area contributed by atoms with E-state index in [9.17, 15) is 27.8 Å². The Morgan fingerprint density at radius 3 is 2.54 bits per heavy atom. The summed E-state index contributed by atoms with van der Waals surface area (Å²) in [7, 11) is -10.8. The van der Waals surface area contributed by atoms with Gasteiger partial charge in [0.2, 0.25) is 6.23 Å². The zero-order valence-electron chi connectivity index (χ0n) is 12.5. The summed E-state index contributed by atoms with van der Waals surface area (Å²) in [5, 5.41) is 9.64. The molecular weight excluding hydrogens is 410 g/mol. The van der Waals surface area contributed by atoms with Crippen molar-refractivity contribution < 1.29 is 51.3 Å². The molecule has 0 amide bonds. The maximum atomic E-state index is 14.2. The quantitative estimate of drug-likeness (QED) is 0.348. The van der Waals surface area contributed by atoms with E-state index in [1.807, 2.05) is 0 Å². The minimum Gasteiger partial charge on any atom is -0.384 e. The van der Waals surface area contributed by atoms with Gasteiger partial charge in [0.25, 0.3) is 0 Å². The number of phosphoric acid groups is 2. The predicted octanol–water partition coefficient (Wildman–Crippen LogP) is -1.05. The minimum atomic E-state index is -5.42. The lowest BCUT2D eigenvalue weighted by Gasteiger charge is -2.20. The first kappa shape index (κ1) is 21.0. The summed E-state index contributed by atoms with van der Waals surface area (Å²) in [6.45, 7) is -1.21. The van der Waals surface area contributed by atoms with Crippen LogP contribution in [0.5, 0.6) is 0 Å². The summed E-state index contributed by atoms with van der Waals surface area (Å²) in [5.41, 5.74) is 4.03. The summed E-state index contributed by atoms with van der Waals surface area (Å²) in [6.07, 6.45) is -6.03. The average Bonchev–Trinajstić information content (AvgIpc) is 2.66. The molecule has 148 valence electrons. The van der Waals surface area contributed by atoms with Gasteiger partial charge in [-0.05, 0) is 6.07 Å². The molecule has 0 spiro atoms. The fourth-order valence-electron chi connectivity index (χ4n) is 2.04. The maximum absolute atomic E-state index is 14.2. The number of anilines is 1. The van der Waals surface area contributed by atoms with E-state index < -0.39 is 52.3 Å². The van der Waals surface area contributed by atoms with Gasteiger partial charge in [0, 0.05) is 6.20 Å². The molecule has 17 heteroatoms. The second kappa shape index (κ2) is 7.03. The highest BCUT2D eigenvalue weighted by molar-refractivity contribution is 7.60. The third-order valence-corrected chi connectivity index (χ3v) is 5.25. The fourth-order valence-corrected chi connectivity index (χ4v) is 3.64. The normalized spacial score (nSPS) is 28.0. The number of hydrogen-bond donors (Lipinski definition) is 5. The van der Waals surface area contributed by atoms with Crippen LogP contribution in [0.2, 0.25) is 0 Å². The van der Waals surface area contributed by atoms with Gasteiger partial charge in [-0.15, -0.1) is 0 Å². The second-order valence-corrected chi connectivity index (χ2v) is 7.85. The number of aliphatic hydroxyl groups is 1. The van der Waals surface area contributed by atoms with E-state index >= 15 is 0 Å². The van der Waals surface area contributed by atoms with Gasteiger partial charge in [0.1, 0.15) is 11.9 Å². The number of aliphatic hydroxyl groups excluding tert-OH is 1. The lowest BCUT2D eigenvalue weighted by atomic mass is 10.1. The van der Waals surface area contributed by atoms with Crippen molar-refractivity contribution in [3.63, 3.8) is 0 Å². The lowest BCUT2D eigenvalue weighted by molar-refractivity contribution is -0.140. The van der Waals surface area contributed by atoms with Crippen LogP contribution in [0, 0.1) is 0 Å². The van der Waals surface area contributed by atoms with Crippen LogP contribution in [0.3, 0.4) is 0 Å². The third-order valence-electron chi connectivity index (χ3n) is 3.10. The Morgan fingerprint density at radius 1 is 1.38 bits per heavy atom. The molecule has 26 heavy (non-hydrogen) atoms. The molecule has 2 unspecified atom stereocenters. The second-order valence-electron chi connectivity index (χ2n) is 5.03. The van der Waals surface area contributed by atoms with Crippen LogP contribution in [-0.2, 0) is 22.7 Å². The summed E-state index contributed by atoms with van der Waals surface area (Å²) in [6, 6.07) is 1.02. The number of phosphoric ester groups is 1. The van der Waals surface area contributed by atoms with Gasteiger partial charge in [0.05, 0.1) is 6.61 Å². The van der Waals surface area contributed by atoms with Crippen molar-refractivity contribution >= 4 is 21.5 Å². The van der Waals surface area contributed by atoms with Gasteiger partial charge in [-0.3, -0.25) is 9.09 Å². The lowest BCUT2D eigenvalue weighted by Crippen LogP contribution is -2.41. The van der Waals surface area contributed by atoms with E-state index in [2.05, 4.69) is 13.8 Å². The van der Waals surface area contributed by atoms with Gasteiger partial charge in [-0.1, -0.05) is 0 Å². The molecule has 0 aliphatic carbocycles. The summed E-state index contributed by atoms with van der Waals surface area (Å²) in [5.74, 6) is -4.29. The van der Waals surface area contributed by atoms with Gasteiger partial charge in [-0.2, -0.15) is 18.1 Å². The number of hydrogen-bond acceptors (Lipinski definition) is 9. The van der Waals surface area contributed by atoms with E-state index in [0.29, 0.717) is 4.57 Å². The van der Waals surface area contributed by atoms with Crippen molar-refractivity contribution in [1.82, 2.24) is 9.55 Å². The SMILES string of the molecule is Nc1ccn([C@@H]2O[C@H](COP(=O)(O)OP(=O)(O)O)C(O)C2(F)F)c(=O)n1. The van der Waals surface area contributed by atoms with Gasteiger partial charge in [-0.25, -0.2) is 13.9 Å². The molecule has 1 aromatic heterocycles. The van der Waals surface area contributed by atoms with Crippen molar-refractivity contribution in [3.8, 4) is 0 Å². The molecule has 1 aliphatic rings. The van der Waals surface area contributed by atoms with E-state index in [4.69, 9.17) is 25.2 Å². The van der Waals surface area contributed by atoms with Crippen LogP contribution >= 0.6 is 15.6 Å². The summed E-state index contributed by atoms with van der Waals surface area (Å²) >= 11 is 0. The molecule has 2 rings (SSSR count). The molecule has 2 heterocycles. The molecule has 1 aliphatic heterocycles. The highest BCUT2D eigenvalue weighted by Crippen LogP contribution is 2.58. The first-order valence-electron chi connectivity index (χ1n) is 6.53. The number of rotatable bonds is 6. The van der Waals surface area contributed by atoms with E-state index in [1.54, 1.807) is 0 Å². The maximum Gasteiger partial charge on any atom is 0.481 e. The van der Waals surface area contributed by atoms with E-state index in [1.165, 1.54) is 0 Å². The molecule has 6 N–H and O–H groups in total. The number of nitrogen functional groups attached to an aromatic ring is 1. The zero-order valence-corrected chi connectivity index (χ0v) is 14.2. The monoisotopic (exact) mass is 423 g/mol. The Morgan fingerprint density at radius 2 is 2.00 bits per heavy atom. The first-order chi connectivity index (χ1) is 11.7. The molecule has 1 fully saturated rings. The fraction of sp³-hybridized carbons (Fsp3) is 0.556. The third kappa shape index (κ3) is 4.71. The number of aromatic nitrogens is 2. The Hall–Kier alpha value is -1.28. The largest absolute Gasteiger partial charge is 0.481 e. The van der Waals surface area contributed by atoms with Crippen molar-refractivity contribution in [2.45, 2.75) is 24.4 Å². The van der Waals surface area contributed by atoms with Gasteiger partial charge < -0.3 is 30.3 Å². The molecular formula is C9H13F2N3O10P2. The van der Waals surface area contributed by atoms with Crippen molar-refractivity contribution in [2.75, 3.05) is 12.3 Å². The number of ether oxygens (including phenoxy) is 1. The van der Waals surface area contributed by atoms with E-state index in [0.717, 1.165) is 12.3 Å². The molecule has 0 aromatic carbocycles. The molecule has 13 nitrogen and oxygen atoms in total. The summed E-state index contributed by atoms with van der Waals surface area (Å²) in [4.78, 5) is 40.9. The van der Waals surface area contributed by atoms with Crippen LogP contribution in [0.15, 0.2) is 17.1 Å². The van der Waals surface area contributed by atoms with Gasteiger partial charge in [0.15, 0.2) is 6.10 Å². The van der Waals surface area contributed by atoms with E-state index in [-0.39, 0.29) is 5.82 Å². The number of nitrogens with zero attached hydrogens (tertiary/aromatic N) is 2. The standard InChI is InChI=1S/C9H13F2N3O10P2/c10-9(11)6(15)4(3-22-26(20,21)24-25(17,18)19)23-7(9)14-2-1-5(12)13-8(14)16/h1-2,4,6-7,15H,3H2,(H,20,21)(H2,12,13,16)(H2,17,18,19)/t4-,6?,7-/m1/s1. The van der Waals surface area contributed by atoms with Crippen LogP contribution in [0.25, 0.3) is 0 Å². The minimum absolute atomic E-state index is 0.246. The molecule has 0 bridgehead atoms. The highest BCUT2D eigenvalue weighted by atomic mass is 31.3. The van der Waals surface area contributed by atoms with Crippen molar-refractivity contribution in [3.05, 3.63) is 22.7 Å². The molecule has 1 aromatic rings. The first-order valence-corrected chi connectivity index (χ1v) is 9.56. The number of alkyl halides is 2. The Kier molecular flexibility index (Phi) is 5.69. The molecule has 0 radical (unpaired) electrons. The van der Waals surface area contributed by atoms with Crippen LogP contribution in [0.4, 0.5) is 14.6 Å². The van der Waals surface area contributed by atoms with Crippen LogP contribution in [0.1, 0.15) is 6.23 Å². The number of nitrogens with two attached hydrogens (primary N) is 1. The highest BCUT2D eigenvalue weighted by Gasteiger charge is 2.60. The summed E-state index contributed by atoms with van der Waals surface area (Å²) < 4.78 is 62.9. The molecule has 0 saturated carbocycles. The average molecular weight is 423 g/mol. The Bertz CT molecular complexity index is 828. The smallest absolute Gasteiger partial charge is 0.384 e. The zero-order chi connectivity index (χ0) is 19.9. The number of halogens is 2. The topological polar surface area (TPSA) is 204 Å². The van der Waals surface area contributed by atoms with Crippen molar-refractivity contribution in [1.29, 1.82) is 0 Å². The Balaban J connectivity index is 2.17. The molecule has 4 atom stereocenters. The van der Waals surface area contributed by atoms with Gasteiger partial charge >= 0.3 is 27.3 Å². The van der Waals surface area contributed by atoms with Crippen molar-refractivity contribution in [2.24, 2.45) is 0 Å².